The normalized spacial score (nSPS) is 20.6. The summed E-state index contributed by atoms with van der Waals surface area (Å²) in [5, 5.41) is 0.763. The van der Waals surface area contributed by atoms with E-state index in [0.717, 1.165) is 11.8 Å². The van der Waals surface area contributed by atoms with Gasteiger partial charge in [0.25, 0.3) is 0 Å². The number of nitrogen functional groups attached to an aromatic ring is 1. The first-order valence-corrected chi connectivity index (χ1v) is 8.42. The number of nitrogens with two attached hydrogens (primary N) is 1. The number of benzene rings is 1. The van der Waals surface area contributed by atoms with E-state index in [9.17, 15) is 8.42 Å². The molecule has 0 amide bonds. The first kappa shape index (κ1) is 14.3. The molecule has 6 heteroatoms. The maximum atomic E-state index is 12.3. The second kappa shape index (κ2) is 4.68. The van der Waals surface area contributed by atoms with Crippen LogP contribution in [0.2, 0.25) is 0 Å². The molecule has 0 bridgehead atoms. The maximum Gasteiger partial charge on any atom is 0.240 e. The maximum absolute atomic E-state index is 12.3. The van der Waals surface area contributed by atoms with Crippen molar-refractivity contribution in [1.82, 2.24) is 9.71 Å². The van der Waals surface area contributed by atoms with Crippen molar-refractivity contribution in [1.29, 1.82) is 0 Å². The van der Waals surface area contributed by atoms with Gasteiger partial charge in [0.15, 0.2) is 0 Å². The molecular weight excluding hydrogens is 286 g/mol. The summed E-state index contributed by atoms with van der Waals surface area (Å²) >= 11 is 0. The third-order valence-electron chi connectivity index (χ3n) is 4.23. The Bertz CT molecular complexity index is 800. The molecule has 0 aliphatic heterocycles. The number of hydrogen-bond acceptors (Lipinski definition) is 4. The molecule has 1 aliphatic rings. The Kier molecular flexibility index (Phi) is 3.18. The van der Waals surface area contributed by atoms with Crippen molar-refractivity contribution in [2.24, 2.45) is 11.3 Å². The molecule has 1 saturated carbocycles. The second-order valence-corrected chi connectivity index (χ2v) is 8.10. The fourth-order valence-electron chi connectivity index (χ4n) is 2.50. The molecule has 1 unspecified atom stereocenters. The highest BCUT2D eigenvalue weighted by Gasteiger charge is 2.45. The molecule has 1 aromatic carbocycles. The van der Waals surface area contributed by atoms with Crippen LogP contribution in [0.5, 0.6) is 0 Å². The average molecular weight is 305 g/mol. The number of fused-ring (bicyclic) bond motifs is 1. The highest BCUT2D eigenvalue weighted by Crippen LogP contribution is 2.51. The molecule has 3 rings (SSSR count). The van der Waals surface area contributed by atoms with Crippen molar-refractivity contribution in [3.05, 3.63) is 30.3 Å². The van der Waals surface area contributed by atoms with Gasteiger partial charge in [0.05, 0.1) is 10.4 Å². The first-order chi connectivity index (χ1) is 9.78. The highest BCUT2D eigenvalue weighted by atomic mass is 32.2. The summed E-state index contributed by atoms with van der Waals surface area (Å²) in [5.41, 5.74) is 6.57. The Labute approximate surface area is 124 Å². The second-order valence-electron chi connectivity index (χ2n) is 6.33. The molecule has 1 fully saturated rings. The first-order valence-electron chi connectivity index (χ1n) is 6.94. The number of pyridine rings is 1. The van der Waals surface area contributed by atoms with Crippen LogP contribution in [0.4, 0.5) is 5.82 Å². The van der Waals surface area contributed by atoms with Crippen molar-refractivity contribution in [2.45, 2.75) is 25.2 Å². The number of anilines is 1. The third-order valence-corrected chi connectivity index (χ3v) is 5.65. The molecule has 0 spiro atoms. The molecule has 0 radical (unpaired) electrons. The van der Waals surface area contributed by atoms with Crippen LogP contribution in [0.25, 0.3) is 10.9 Å². The lowest BCUT2D eigenvalue weighted by Gasteiger charge is -2.09. The van der Waals surface area contributed by atoms with Crippen molar-refractivity contribution in [3.63, 3.8) is 0 Å². The minimum atomic E-state index is -3.48. The summed E-state index contributed by atoms with van der Waals surface area (Å²) in [6.45, 7) is 4.80. The van der Waals surface area contributed by atoms with Crippen LogP contribution < -0.4 is 10.5 Å². The zero-order chi connectivity index (χ0) is 15.3. The van der Waals surface area contributed by atoms with Crippen LogP contribution in [0.1, 0.15) is 20.3 Å². The Morgan fingerprint density at radius 2 is 2.05 bits per heavy atom. The fraction of sp³-hybridized carbons (Fsp3) is 0.400. The average Bonchev–Trinajstić information content (AvgIpc) is 3.03. The molecule has 21 heavy (non-hydrogen) atoms. The zero-order valence-electron chi connectivity index (χ0n) is 12.1. The lowest BCUT2D eigenvalue weighted by atomic mass is 10.1. The number of nitrogens with one attached hydrogen (secondary N) is 1. The molecule has 3 N–H and O–H groups in total. The summed E-state index contributed by atoms with van der Waals surface area (Å²) in [5.74, 6) is 0.849. The Morgan fingerprint density at radius 1 is 1.33 bits per heavy atom. The highest BCUT2D eigenvalue weighted by molar-refractivity contribution is 7.89. The van der Waals surface area contributed by atoms with Gasteiger partial charge in [-0.05, 0) is 48.1 Å². The van der Waals surface area contributed by atoms with Gasteiger partial charge >= 0.3 is 0 Å². The smallest absolute Gasteiger partial charge is 0.240 e. The fourth-order valence-corrected chi connectivity index (χ4v) is 3.62. The number of hydrogen-bond donors (Lipinski definition) is 2. The van der Waals surface area contributed by atoms with E-state index in [4.69, 9.17) is 5.73 Å². The standard InChI is InChI=1S/C15H19N3O2S/c1-15(2)8-11(15)9-17-21(19,20)12-4-5-13-10(7-12)3-6-14(16)18-13/h3-7,11,17H,8-9H2,1-2H3,(H2,16,18). The monoisotopic (exact) mass is 305 g/mol. The van der Waals surface area contributed by atoms with Gasteiger partial charge in [-0.25, -0.2) is 18.1 Å². The predicted octanol–water partition coefficient (Wildman–Crippen LogP) is 2.14. The van der Waals surface area contributed by atoms with E-state index in [1.54, 1.807) is 30.3 Å². The molecule has 0 saturated heterocycles. The summed E-state index contributed by atoms with van der Waals surface area (Å²) in [6.07, 6.45) is 1.07. The van der Waals surface area contributed by atoms with E-state index in [2.05, 4.69) is 23.6 Å². The lowest BCUT2D eigenvalue weighted by molar-refractivity contribution is 0.537. The van der Waals surface area contributed by atoms with Gasteiger partial charge < -0.3 is 5.73 Å². The summed E-state index contributed by atoms with van der Waals surface area (Å²) in [4.78, 5) is 4.43. The SMILES string of the molecule is CC1(C)CC1CNS(=O)(=O)c1ccc2nc(N)ccc2c1. The van der Waals surface area contributed by atoms with E-state index in [-0.39, 0.29) is 10.3 Å². The van der Waals surface area contributed by atoms with E-state index in [1.807, 2.05) is 0 Å². The number of aromatic nitrogens is 1. The van der Waals surface area contributed by atoms with Crippen molar-refractivity contribution in [2.75, 3.05) is 12.3 Å². The molecule has 1 aliphatic carbocycles. The number of sulfonamides is 1. The minimum absolute atomic E-state index is 0.257. The number of rotatable bonds is 4. The van der Waals surface area contributed by atoms with Gasteiger partial charge in [-0.2, -0.15) is 0 Å². The molecule has 2 aromatic rings. The largest absolute Gasteiger partial charge is 0.384 e. The van der Waals surface area contributed by atoms with E-state index < -0.39 is 10.0 Å². The van der Waals surface area contributed by atoms with E-state index in [0.29, 0.717) is 23.8 Å². The number of nitrogens with zero attached hydrogens (tertiary/aromatic N) is 1. The quantitative estimate of drug-likeness (QED) is 0.906. The van der Waals surface area contributed by atoms with Crippen molar-refractivity contribution >= 4 is 26.7 Å². The summed E-state index contributed by atoms with van der Waals surface area (Å²) in [6, 6.07) is 8.32. The molecule has 1 heterocycles. The van der Waals surface area contributed by atoms with Gasteiger partial charge in [0, 0.05) is 11.9 Å². The van der Waals surface area contributed by atoms with Gasteiger partial charge in [-0.15, -0.1) is 0 Å². The van der Waals surface area contributed by atoms with Crippen LogP contribution in [0.3, 0.4) is 0 Å². The summed E-state index contributed by atoms with van der Waals surface area (Å²) < 4.78 is 27.4. The molecule has 112 valence electrons. The van der Waals surface area contributed by atoms with Crippen molar-refractivity contribution in [3.8, 4) is 0 Å². The Balaban J connectivity index is 1.83. The molecule has 5 nitrogen and oxygen atoms in total. The van der Waals surface area contributed by atoms with Crippen LogP contribution in [-0.2, 0) is 10.0 Å². The lowest BCUT2D eigenvalue weighted by Crippen LogP contribution is -2.26. The van der Waals surface area contributed by atoms with E-state index >= 15 is 0 Å². The van der Waals surface area contributed by atoms with Gasteiger partial charge in [-0.1, -0.05) is 13.8 Å². The molecule has 1 aromatic heterocycles. The van der Waals surface area contributed by atoms with E-state index in [1.165, 1.54) is 0 Å². The summed E-state index contributed by atoms with van der Waals surface area (Å²) in [7, 11) is -3.48. The van der Waals surface area contributed by atoms with Crippen LogP contribution >= 0.6 is 0 Å². The van der Waals surface area contributed by atoms with Crippen LogP contribution in [-0.4, -0.2) is 19.9 Å². The molecular formula is C15H19N3O2S. The predicted molar refractivity (Wildman–Crippen MR) is 83.2 cm³/mol. The topological polar surface area (TPSA) is 85.1 Å². The third kappa shape index (κ3) is 2.87. The van der Waals surface area contributed by atoms with Gasteiger partial charge in [0.2, 0.25) is 10.0 Å². The van der Waals surface area contributed by atoms with Gasteiger partial charge in [-0.3, -0.25) is 0 Å². The molecule has 1 atom stereocenters. The van der Waals surface area contributed by atoms with Crippen LogP contribution in [0, 0.1) is 11.3 Å². The van der Waals surface area contributed by atoms with Crippen molar-refractivity contribution < 1.29 is 8.42 Å². The van der Waals surface area contributed by atoms with Gasteiger partial charge in [0.1, 0.15) is 5.82 Å². The Hall–Kier alpha value is -1.66. The zero-order valence-corrected chi connectivity index (χ0v) is 12.9. The minimum Gasteiger partial charge on any atom is -0.384 e. The van der Waals surface area contributed by atoms with Crippen LogP contribution in [0.15, 0.2) is 35.2 Å². The Morgan fingerprint density at radius 3 is 2.71 bits per heavy atom.